The number of nitrogens with one attached hydrogen (secondary N) is 1. The summed E-state index contributed by atoms with van der Waals surface area (Å²) in [5.41, 5.74) is 0.385. The van der Waals surface area contributed by atoms with Crippen LogP contribution in [0, 0.1) is 0 Å². The smallest absolute Gasteiger partial charge is 0.161 e. The summed E-state index contributed by atoms with van der Waals surface area (Å²) < 4.78 is 5.34. The highest BCUT2D eigenvalue weighted by atomic mass is 16.5. The predicted octanol–water partition coefficient (Wildman–Crippen LogP) is 2.43. The number of hydrogen-bond donors (Lipinski definition) is 3. The lowest BCUT2D eigenvalue weighted by Gasteiger charge is -2.25. The van der Waals surface area contributed by atoms with Crippen molar-refractivity contribution in [2.45, 2.75) is 45.8 Å². The molecule has 0 saturated carbocycles. The highest BCUT2D eigenvalue weighted by Crippen LogP contribution is 2.26. The zero-order valence-corrected chi connectivity index (χ0v) is 12.1. The Labute approximate surface area is 115 Å². The van der Waals surface area contributed by atoms with Gasteiger partial charge in [0, 0.05) is 13.1 Å². The summed E-state index contributed by atoms with van der Waals surface area (Å²) in [6, 6.07) is 5.30. The molecule has 0 spiro atoms. The Bertz CT molecular complexity index is 389. The molecular weight excluding hydrogens is 242 g/mol. The number of phenols is 1. The molecule has 0 radical (unpaired) electrons. The number of aromatic hydroxyl groups is 1. The van der Waals surface area contributed by atoms with Gasteiger partial charge in [-0.15, -0.1) is 0 Å². The number of benzene rings is 1. The van der Waals surface area contributed by atoms with Crippen molar-refractivity contribution in [3.8, 4) is 11.5 Å². The Morgan fingerprint density at radius 3 is 2.47 bits per heavy atom. The fourth-order valence-corrected chi connectivity index (χ4v) is 1.88. The van der Waals surface area contributed by atoms with E-state index in [-0.39, 0.29) is 5.75 Å². The molecule has 0 atom stereocenters. The molecule has 0 heterocycles. The van der Waals surface area contributed by atoms with Gasteiger partial charge >= 0.3 is 0 Å². The number of hydrogen-bond acceptors (Lipinski definition) is 4. The summed E-state index contributed by atoms with van der Waals surface area (Å²) in [4.78, 5) is 0. The molecular formula is C15H25NO3. The van der Waals surface area contributed by atoms with Gasteiger partial charge in [-0.25, -0.2) is 0 Å². The van der Waals surface area contributed by atoms with E-state index >= 15 is 0 Å². The minimum Gasteiger partial charge on any atom is -0.504 e. The van der Waals surface area contributed by atoms with Crippen LogP contribution >= 0.6 is 0 Å². The van der Waals surface area contributed by atoms with E-state index in [4.69, 9.17) is 4.74 Å². The minimum absolute atomic E-state index is 0.157. The maximum Gasteiger partial charge on any atom is 0.161 e. The molecule has 1 aromatic rings. The third-order valence-corrected chi connectivity index (χ3v) is 3.42. The lowest BCUT2D eigenvalue weighted by atomic mass is 9.97. The average molecular weight is 267 g/mol. The highest BCUT2D eigenvalue weighted by Gasteiger charge is 2.21. The van der Waals surface area contributed by atoms with Crippen LogP contribution in [0.3, 0.4) is 0 Å². The van der Waals surface area contributed by atoms with Gasteiger partial charge in [0.05, 0.1) is 12.2 Å². The standard InChI is InChI=1S/C15H25NO3/c1-4-15(18,5-2)11-16-10-12-7-8-13(17)14(9-12)19-6-3/h7-9,16-18H,4-6,10-11H2,1-3H3. The first-order valence-electron chi connectivity index (χ1n) is 6.92. The van der Waals surface area contributed by atoms with Gasteiger partial charge < -0.3 is 20.3 Å². The van der Waals surface area contributed by atoms with Gasteiger partial charge in [-0.05, 0) is 37.5 Å². The maximum absolute atomic E-state index is 10.2. The maximum atomic E-state index is 10.2. The zero-order chi connectivity index (χ0) is 14.3. The molecule has 4 nitrogen and oxygen atoms in total. The number of aliphatic hydroxyl groups is 1. The van der Waals surface area contributed by atoms with Crippen molar-refractivity contribution in [3.05, 3.63) is 23.8 Å². The molecule has 108 valence electrons. The molecule has 0 saturated heterocycles. The molecule has 1 rings (SSSR count). The molecule has 3 N–H and O–H groups in total. The van der Waals surface area contributed by atoms with Gasteiger partial charge in [0.15, 0.2) is 11.5 Å². The van der Waals surface area contributed by atoms with E-state index in [0.29, 0.717) is 25.4 Å². The van der Waals surface area contributed by atoms with E-state index in [1.807, 2.05) is 32.9 Å². The van der Waals surface area contributed by atoms with Crippen LogP contribution in [0.25, 0.3) is 0 Å². The molecule has 1 aromatic carbocycles. The van der Waals surface area contributed by atoms with Crippen molar-refractivity contribution >= 4 is 0 Å². The van der Waals surface area contributed by atoms with E-state index < -0.39 is 5.60 Å². The summed E-state index contributed by atoms with van der Waals surface area (Å²) in [6.07, 6.45) is 1.46. The Kier molecular flexibility index (Phi) is 6.12. The monoisotopic (exact) mass is 267 g/mol. The molecule has 0 aromatic heterocycles. The number of rotatable bonds is 8. The lowest BCUT2D eigenvalue weighted by Crippen LogP contribution is -2.39. The second-order valence-electron chi connectivity index (χ2n) is 4.77. The molecule has 4 heteroatoms. The minimum atomic E-state index is -0.639. The van der Waals surface area contributed by atoms with Crippen LogP contribution in [0.4, 0.5) is 0 Å². The molecule has 0 aliphatic rings. The summed E-state index contributed by atoms with van der Waals surface area (Å²) >= 11 is 0. The number of ether oxygens (including phenoxy) is 1. The van der Waals surface area contributed by atoms with Crippen molar-refractivity contribution in [1.82, 2.24) is 5.32 Å². The van der Waals surface area contributed by atoms with Crippen molar-refractivity contribution in [2.24, 2.45) is 0 Å². The molecule has 0 bridgehead atoms. The van der Waals surface area contributed by atoms with Gasteiger partial charge in [-0.3, -0.25) is 0 Å². The SMILES string of the molecule is CCOc1cc(CNCC(O)(CC)CC)ccc1O. The normalized spacial score (nSPS) is 11.6. The second kappa shape index (κ2) is 7.36. The van der Waals surface area contributed by atoms with E-state index in [1.54, 1.807) is 6.07 Å². The van der Waals surface area contributed by atoms with Gasteiger partial charge in [-0.2, -0.15) is 0 Å². The first-order chi connectivity index (χ1) is 9.04. The first kappa shape index (κ1) is 15.8. The van der Waals surface area contributed by atoms with E-state index in [0.717, 1.165) is 18.4 Å². The molecule has 0 aliphatic carbocycles. The Balaban J connectivity index is 2.56. The van der Waals surface area contributed by atoms with Crippen molar-refractivity contribution in [2.75, 3.05) is 13.2 Å². The van der Waals surface area contributed by atoms with Crippen molar-refractivity contribution in [1.29, 1.82) is 0 Å². The van der Waals surface area contributed by atoms with Gasteiger partial charge in [-0.1, -0.05) is 19.9 Å². The van der Waals surface area contributed by atoms with Gasteiger partial charge in [0.1, 0.15) is 0 Å². The fraction of sp³-hybridized carbons (Fsp3) is 0.600. The first-order valence-corrected chi connectivity index (χ1v) is 6.92. The molecule has 0 aliphatic heterocycles. The Hall–Kier alpha value is -1.26. The number of phenolic OH excluding ortho intramolecular Hbond substituents is 1. The van der Waals surface area contributed by atoms with Gasteiger partial charge in [0.2, 0.25) is 0 Å². The second-order valence-corrected chi connectivity index (χ2v) is 4.77. The van der Waals surface area contributed by atoms with Crippen LogP contribution in [0.2, 0.25) is 0 Å². The van der Waals surface area contributed by atoms with Crippen molar-refractivity contribution in [3.63, 3.8) is 0 Å². The fourth-order valence-electron chi connectivity index (χ4n) is 1.88. The van der Waals surface area contributed by atoms with Crippen LogP contribution in [0.15, 0.2) is 18.2 Å². The third kappa shape index (κ3) is 4.73. The van der Waals surface area contributed by atoms with Crippen molar-refractivity contribution < 1.29 is 14.9 Å². The van der Waals surface area contributed by atoms with Crippen LogP contribution in [-0.2, 0) is 6.54 Å². The Morgan fingerprint density at radius 2 is 1.89 bits per heavy atom. The zero-order valence-electron chi connectivity index (χ0n) is 12.1. The topological polar surface area (TPSA) is 61.7 Å². The van der Waals surface area contributed by atoms with Crippen LogP contribution in [0.5, 0.6) is 11.5 Å². The predicted molar refractivity (Wildman–Crippen MR) is 76.5 cm³/mol. The Morgan fingerprint density at radius 1 is 1.21 bits per heavy atom. The van der Waals surface area contributed by atoms with E-state index in [1.165, 1.54) is 0 Å². The van der Waals surface area contributed by atoms with Crippen LogP contribution in [-0.4, -0.2) is 29.0 Å². The summed E-state index contributed by atoms with van der Waals surface area (Å²) in [5, 5.41) is 23.0. The average Bonchev–Trinajstić information content (AvgIpc) is 2.42. The summed E-state index contributed by atoms with van der Waals surface area (Å²) in [7, 11) is 0. The summed E-state index contributed by atoms with van der Waals surface area (Å²) in [6.45, 7) is 7.58. The van der Waals surface area contributed by atoms with E-state index in [9.17, 15) is 10.2 Å². The molecule has 0 amide bonds. The van der Waals surface area contributed by atoms with Gasteiger partial charge in [0.25, 0.3) is 0 Å². The molecule has 19 heavy (non-hydrogen) atoms. The van der Waals surface area contributed by atoms with E-state index in [2.05, 4.69) is 5.32 Å². The summed E-state index contributed by atoms with van der Waals surface area (Å²) in [5.74, 6) is 0.660. The lowest BCUT2D eigenvalue weighted by molar-refractivity contribution is 0.0323. The molecule has 0 fully saturated rings. The van der Waals surface area contributed by atoms with Crippen LogP contribution in [0.1, 0.15) is 39.2 Å². The quantitative estimate of drug-likeness (QED) is 0.677. The largest absolute Gasteiger partial charge is 0.504 e. The molecule has 0 unspecified atom stereocenters. The highest BCUT2D eigenvalue weighted by molar-refractivity contribution is 5.41. The van der Waals surface area contributed by atoms with Crippen LogP contribution < -0.4 is 10.1 Å². The third-order valence-electron chi connectivity index (χ3n) is 3.42.